The lowest BCUT2D eigenvalue weighted by Crippen LogP contribution is -2.35. The second-order valence-electron chi connectivity index (χ2n) is 6.02. The molecule has 7 heteroatoms. The van der Waals surface area contributed by atoms with Crippen LogP contribution in [0.2, 0.25) is 0 Å². The highest BCUT2D eigenvalue weighted by atomic mass is 16.5. The molecule has 2 rings (SSSR count). The Morgan fingerprint density at radius 1 is 1.28 bits per heavy atom. The number of hydrogen-bond acceptors (Lipinski definition) is 5. The maximum absolute atomic E-state index is 12.6. The van der Waals surface area contributed by atoms with Gasteiger partial charge in [0.2, 0.25) is 5.89 Å². The highest BCUT2D eigenvalue weighted by molar-refractivity contribution is 5.89. The summed E-state index contributed by atoms with van der Waals surface area (Å²) >= 11 is 0. The summed E-state index contributed by atoms with van der Waals surface area (Å²) in [5, 5.41) is 2.85. The van der Waals surface area contributed by atoms with Crippen LogP contribution in [0.1, 0.15) is 36.6 Å². The molecule has 0 radical (unpaired) electrons. The zero-order valence-corrected chi connectivity index (χ0v) is 14.7. The number of hydrogen-bond donors (Lipinski definition) is 1. The first-order valence-corrected chi connectivity index (χ1v) is 8.13. The largest absolute Gasteiger partial charge is 0.464 e. The van der Waals surface area contributed by atoms with Crippen molar-refractivity contribution in [2.75, 3.05) is 19.0 Å². The van der Waals surface area contributed by atoms with E-state index >= 15 is 0 Å². The fraction of sp³-hybridized carbons (Fsp3) is 0.389. The number of rotatable bonds is 7. The second-order valence-corrected chi connectivity index (χ2v) is 6.02. The molecule has 1 aromatic heterocycles. The quantitative estimate of drug-likeness (QED) is 0.776. The van der Waals surface area contributed by atoms with E-state index in [9.17, 15) is 9.59 Å². The van der Waals surface area contributed by atoms with Crippen LogP contribution in [0.15, 0.2) is 41.0 Å². The Hall–Kier alpha value is -2.83. The van der Waals surface area contributed by atoms with Gasteiger partial charge >= 0.3 is 12.0 Å². The van der Waals surface area contributed by atoms with Crippen molar-refractivity contribution in [3.8, 4) is 0 Å². The molecule has 1 N–H and O–H groups in total. The van der Waals surface area contributed by atoms with E-state index < -0.39 is 5.97 Å². The number of anilines is 1. The molecule has 0 aliphatic rings. The average Bonchev–Trinajstić information content (AvgIpc) is 3.07. The van der Waals surface area contributed by atoms with E-state index in [1.54, 1.807) is 4.90 Å². The predicted octanol–water partition coefficient (Wildman–Crippen LogP) is 3.54. The molecule has 2 amide bonds. The molecule has 2 aromatic rings. The van der Waals surface area contributed by atoms with Gasteiger partial charge in [-0.2, -0.15) is 0 Å². The van der Waals surface area contributed by atoms with E-state index in [1.165, 1.54) is 13.4 Å². The number of methoxy groups -OCH3 is 1. The summed E-state index contributed by atoms with van der Waals surface area (Å²) in [6, 6.07) is 8.98. The normalized spacial score (nSPS) is 10.6. The maximum atomic E-state index is 12.6. The Morgan fingerprint density at radius 2 is 2.00 bits per heavy atom. The van der Waals surface area contributed by atoms with Gasteiger partial charge in [0.15, 0.2) is 5.69 Å². The molecule has 0 aliphatic heterocycles. The number of carbonyl (C=O) groups excluding carboxylic acids is 2. The number of benzene rings is 1. The first kappa shape index (κ1) is 18.5. The number of urea groups is 1. The summed E-state index contributed by atoms with van der Waals surface area (Å²) in [5.74, 6) is 0.159. The Kier molecular flexibility index (Phi) is 6.56. The van der Waals surface area contributed by atoms with Crippen LogP contribution in [0.5, 0.6) is 0 Å². The number of esters is 1. The third-order valence-electron chi connectivity index (χ3n) is 3.56. The number of aromatic nitrogens is 1. The van der Waals surface area contributed by atoms with Gasteiger partial charge < -0.3 is 19.4 Å². The number of oxazole rings is 1. The highest BCUT2D eigenvalue weighted by Crippen LogP contribution is 2.12. The van der Waals surface area contributed by atoms with Crippen LogP contribution in [0, 0.1) is 5.92 Å². The van der Waals surface area contributed by atoms with Crippen molar-refractivity contribution in [3.05, 3.63) is 48.2 Å². The molecular formula is C18H23N3O4. The zero-order chi connectivity index (χ0) is 18.2. The molecule has 1 heterocycles. The summed E-state index contributed by atoms with van der Waals surface area (Å²) in [6.45, 7) is 4.90. The topological polar surface area (TPSA) is 84.7 Å². The second kappa shape index (κ2) is 8.86. The van der Waals surface area contributed by atoms with E-state index in [0.29, 0.717) is 18.2 Å². The Morgan fingerprint density at radius 3 is 2.64 bits per heavy atom. The molecular weight excluding hydrogens is 322 g/mol. The molecule has 0 saturated carbocycles. The number of amides is 2. The van der Waals surface area contributed by atoms with E-state index in [-0.39, 0.29) is 24.2 Å². The number of nitrogens with zero attached hydrogens (tertiary/aromatic N) is 2. The van der Waals surface area contributed by atoms with E-state index in [2.05, 4.69) is 28.9 Å². The van der Waals surface area contributed by atoms with Crippen LogP contribution in [0.25, 0.3) is 0 Å². The number of ether oxygens (including phenoxy) is 1. The first-order chi connectivity index (χ1) is 12.0. The Labute approximate surface area is 147 Å². The lowest BCUT2D eigenvalue weighted by molar-refractivity contribution is 0.0594. The molecule has 134 valence electrons. The lowest BCUT2D eigenvalue weighted by atomic mass is 10.1. The van der Waals surface area contributed by atoms with Crippen molar-refractivity contribution < 1.29 is 18.7 Å². The van der Waals surface area contributed by atoms with E-state index in [1.807, 2.05) is 30.3 Å². The lowest BCUT2D eigenvalue weighted by Gasteiger charge is -2.22. The van der Waals surface area contributed by atoms with Gasteiger partial charge in [-0.05, 0) is 24.5 Å². The molecule has 7 nitrogen and oxygen atoms in total. The van der Waals surface area contributed by atoms with Gasteiger partial charge in [0.1, 0.15) is 6.26 Å². The minimum atomic E-state index is -0.572. The number of carbonyl (C=O) groups is 2. The molecule has 25 heavy (non-hydrogen) atoms. The molecule has 0 atom stereocenters. The molecule has 0 unspecified atom stereocenters. The molecule has 1 aromatic carbocycles. The minimum absolute atomic E-state index is 0.0878. The summed E-state index contributed by atoms with van der Waals surface area (Å²) in [7, 11) is 1.28. The van der Waals surface area contributed by atoms with Gasteiger partial charge in [-0.3, -0.25) is 0 Å². The van der Waals surface area contributed by atoms with Crippen molar-refractivity contribution in [1.29, 1.82) is 0 Å². The minimum Gasteiger partial charge on any atom is -0.464 e. The van der Waals surface area contributed by atoms with Crippen molar-refractivity contribution in [3.63, 3.8) is 0 Å². The van der Waals surface area contributed by atoms with Gasteiger partial charge in [-0.25, -0.2) is 14.6 Å². The summed E-state index contributed by atoms with van der Waals surface area (Å²) in [4.78, 5) is 29.7. The van der Waals surface area contributed by atoms with Gasteiger partial charge in [-0.15, -0.1) is 0 Å². The third-order valence-corrected chi connectivity index (χ3v) is 3.56. The Balaban J connectivity index is 2.07. The molecule has 0 aliphatic carbocycles. The molecule has 0 fully saturated rings. The van der Waals surface area contributed by atoms with Gasteiger partial charge in [-0.1, -0.05) is 32.0 Å². The fourth-order valence-corrected chi connectivity index (χ4v) is 2.14. The zero-order valence-electron chi connectivity index (χ0n) is 14.7. The molecule has 0 bridgehead atoms. The maximum Gasteiger partial charge on any atom is 0.360 e. The van der Waals surface area contributed by atoms with E-state index in [0.717, 1.165) is 6.42 Å². The summed E-state index contributed by atoms with van der Waals surface area (Å²) < 4.78 is 9.90. The summed E-state index contributed by atoms with van der Waals surface area (Å²) in [6.07, 6.45) is 2.07. The third kappa shape index (κ3) is 5.63. The predicted molar refractivity (Wildman–Crippen MR) is 93.2 cm³/mol. The average molecular weight is 345 g/mol. The van der Waals surface area contributed by atoms with Crippen LogP contribution in [0.3, 0.4) is 0 Å². The van der Waals surface area contributed by atoms with Crippen LogP contribution in [0.4, 0.5) is 10.5 Å². The van der Waals surface area contributed by atoms with Crippen molar-refractivity contribution >= 4 is 17.7 Å². The van der Waals surface area contributed by atoms with Crippen LogP contribution >= 0.6 is 0 Å². The standard InChI is InChI=1S/C18H23N3O4/c1-13(2)9-10-21(18(23)19-14-7-5-4-6-8-14)11-16-20-15(12-25-16)17(22)24-3/h4-8,12-13H,9-11H2,1-3H3,(H,19,23). The van der Waals surface area contributed by atoms with Crippen molar-refractivity contribution in [2.24, 2.45) is 5.92 Å². The number of para-hydroxylation sites is 1. The van der Waals surface area contributed by atoms with Gasteiger partial charge in [0.05, 0.1) is 13.7 Å². The van der Waals surface area contributed by atoms with Gasteiger partial charge in [0, 0.05) is 12.2 Å². The van der Waals surface area contributed by atoms with Crippen molar-refractivity contribution in [1.82, 2.24) is 9.88 Å². The number of nitrogens with one attached hydrogen (secondary N) is 1. The van der Waals surface area contributed by atoms with Crippen molar-refractivity contribution in [2.45, 2.75) is 26.8 Å². The smallest absolute Gasteiger partial charge is 0.360 e. The first-order valence-electron chi connectivity index (χ1n) is 8.13. The van der Waals surface area contributed by atoms with Gasteiger partial charge in [0.25, 0.3) is 0 Å². The molecule has 0 spiro atoms. The SMILES string of the molecule is COC(=O)c1coc(CN(CCC(C)C)C(=O)Nc2ccccc2)n1. The Bertz CT molecular complexity index is 697. The van der Waals surface area contributed by atoms with Crippen LogP contribution in [-0.2, 0) is 11.3 Å². The molecule has 0 saturated heterocycles. The van der Waals surface area contributed by atoms with Crippen LogP contribution in [-0.4, -0.2) is 35.5 Å². The monoisotopic (exact) mass is 345 g/mol. The van der Waals surface area contributed by atoms with E-state index in [4.69, 9.17) is 4.42 Å². The fourth-order valence-electron chi connectivity index (χ4n) is 2.14. The highest BCUT2D eigenvalue weighted by Gasteiger charge is 2.19. The summed E-state index contributed by atoms with van der Waals surface area (Å²) in [5.41, 5.74) is 0.800. The van der Waals surface area contributed by atoms with Crippen LogP contribution < -0.4 is 5.32 Å².